The van der Waals surface area contributed by atoms with Gasteiger partial charge in [0.15, 0.2) is 6.29 Å². The first-order valence-electron chi connectivity index (χ1n) is 7.59. The number of rotatable bonds is 4. The summed E-state index contributed by atoms with van der Waals surface area (Å²) in [6.07, 6.45) is 2.53. The third-order valence-corrected chi connectivity index (χ3v) is 4.69. The average molecular weight is 385 g/mol. The number of carbonyl (C=O) groups excluding carboxylic acids is 2. The maximum atomic E-state index is 12.4. The van der Waals surface area contributed by atoms with Gasteiger partial charge in [0, 0.05) is 32.8 Å². The summed E-state index contributed by atoms with van der Waals surface area (Å²) in [7, 11) is 0. The Balaban J connectivity index is 1.88. The lowest BCUT2D eigenvalue weighted by molar-refractivity contribution is -0.116. The van der Waals surface area contributed by atoms with Crippen molar-refractivity contribution in [3.05, 3.63) is 63.8 Å². The molecular formula is C19H17BrN2O2. The highest BCUT2D eigenvalue weighted by molar-refractivity contribution is 9.10. The van der Waals surface area contributed by atoms with E-state index in [0.29, 0.717) is 5.56 Å². The van der Waals surface area contributed by atoms with Gasteiger partial charge in [-0.15, -0.1) is 0 Å². The van der Waals surface area contributed by atoms with Crippen molar-refractivity contribution in [3.8, 4) is 0 Å². The van der Waals surface area contributed by atoms with E-state index in [4.69, 9.17) is 0 Å². The lowest BCUT2D eigenvalue weighted by atomic mass is 10.1. The monoisotopic (exact) mass is 384 g/mol. The summed E-state index contributed by atoms with van der Waals surface area (Å²) in [5, 5.41) is 3.78. The summed E-state index contributed by atoms with van der Waals surface area (Å²) in [6, 6.07) is 11.5. The molecule has 122 valence electrons. The number of anilines is 1. The predicted molar refractivity (Wildman–Crippen MR) is 99.6 cm³/mol. The minimum absolute atomic E-state index is 0.124. The summed E-state index contributed by atoms with van der Waals surface area (Å²) in [6.45, 7) is 4.15. The molecule has 0 fully saturated rings. The Morgan fingerprint density at radius 3 is 2.79 bits per heavy atom. The molecule has 0 saturated carbocycles. The highest BCUT2D eigenvalue weighted by atomic mass is 79.9. The largest absolute Gasteiger partial charge is 0.337 e. The van der Waals surface area contributed by atoms with Crippen LogP contribution in [0.4, 0.5) is 5.69 Å². The quantitative estimate of drug-likeness (QED) is 0.674. The van der Waals surface area contributed by atoms with Crippen LogP contribution in [0.15, 0.2) is 47.1 Å². The molecule has 0 aliphatic heterocycles. The van der Waals surface area contributed by atoms with Crippen LogP contribution in [0.5, 0.6) is 0 Å². The number of hydrogen-bond acceptors (Lipinski definition) is 2. The van der Waals surface area contributed by atoms with Crippen molar-refractivity contribution in [2.45, 2.75) is 20.4 Å². The molecule has 0 aliphatic rings. The second-order valence-corrected chi connectivity index (χ2v) is 6.70. The van der Waals surface area contributed by atoms with Crippen molar-refractivity contribution in [3.63, 3.8) is 0 Å². The third kappa shape index (κ3) is 3.12. The number of amides is 1. The van der Waals surface area contributed by atoms with Gasteiger partial charge in [-0.1, -0.05) is 28.1 Å². The van der Waals surface area contributed by atoms with Gasteiger partial charge in [-0.2, -0.15) is 0 Å². The van der Waals surface area contributed by atoms with Crippen LogP contribution in [0.25, 0.3) is 10.9 Å². The average Bonchev–Trinajstić information content (AvgIpc) is 2.88. The minimum atomic E-state index is -0.124. The number of halogens is 1. The van der Waals surface area contributed by atoms with Gasteiger partial charge in [0.25, 0.3) is 0 Å². The lowest BCUT2D eigenvalue weighted by Gasteiger charge is -2.11. The van der Waals surface area contributed by atoms with Gasteiger partial charge in [-0.05, 0) is 49.2 Å². The summed E-state index contributed by atoms with van der Waals surface area (Å²) in [5.74, 6) is -0.124. The van der Waals surface area contributed by atoms with Gasteiger partial charge in [0.1, 0.15) is 6.54 Å². The highest BCUT2D eigenvalue weighted by Gasteiger charge is 2.12. The van der Waals surface area contributed by atoms with Crippen LogP contribution in [0.1, 0.15) is 21.5 Å². The van der Waals surface area contributed by atoms with E-state index in [1.165, 1.54) is 0 Å². The van der Waals surface area contributed by atoms with Crippen LogP contribution in [-0.4, -0.2) is 16.8 Å². The first kappa shape index (κ1) is 16.5. The molecule has 4 nitrogen and oxygen atoms in total. The normalized spacial score (nSPS) is 10.8. The Kier molecular flexibility index (Phi) is 4.53. The molecule has 0 aliphatic carbocycles. The molecule has 1 heterocycles. The van der Waals surface area contributed by atoms with E-state index in [0.717, 1.165) is 38.5 Å². The fourth-order valence-electron chi connectivity index (χ4n) is 2.75. The zero-order valence-electron chi connectivity index (χ0n) is 13.5. The van der Waals surface area contributed by atoms with E-state index in [2.05, 4.69) is 21.2 Å². The van der Waals surface area contributed by atoms with Gasteiger partial charge in [-0.3, -0.25) is 9.59 Å². The second kappa shape index (κ2) is 6.61. The molecule has 24 heavy (non-hydrogen) atoms. The number of nitrogens with zero attached hydrogens (tertiary/aromatic N) is 1. The fraction of sp³-hybridized carbons (Fsp3) is 0.158. The smallest absolute Gasteiger partial charge is 0.244 e. The molecule has 1 aromatic heterocycles. The van der Waals surface area contributed by atoms with Crippen LogP contribution in [0, 0.1) is 13.8 Å². The zero-order chi connectivity index (χ0) is 17.3. The standard InChI is InChI=1S/C19H17BrN2O2/c1-12-4-3-5-17(13(12)2)21-19(24)10-22-9-14(11-23)16-8-15(20)6-7-18(16)22/h3-9,11H,10H2,1-2H3,(H,21,24). The first-order valence-corrected chi connectivity index (χ1v) is 8.38. The molecule has 0 bridgehead atoms. The molecule has 3 rings (SSSR count). The Labute approximate surface area is 148 Å². The number of fused-ring (bicyclic) bond motifs is 1. The molecule has 0 saturated heterocycles. The predicted octanol–water partition coefficient (Wildman–Crippen LogP) is 4.47. The van der Waals surface area contributed by atoms with Crippen molar-refractivity contribution < 1.29 is 9.59 Å². The van der Waals surface area contributed by atoms with E-state index >= 15 is 0 Å². The number of aromatic nitrogens is 1. The Hall–Kier alpha value is -2.40. The van der Waals surface area contributed by atoms with E-state index in [1.807, 2.05) is 50.2 Å². The number of benzene rings is 2. The molecule has 0 spiro atoms. The molecule has 0 radical (unpaired) electrons. The maximum absolute atomic E-state index is 12.4. The lowest BCUT2D eigenvalue weighted by Crippen LogP contribution is -2.19. The summed E-state index contributed by atoms with van der Waals surface area (Å²) < 4.78 is 2.70. The van der Waals surface area contributed by atoms with Gasteiger partial charge in [0.2, 0.25) is 5.91 Å². The maximum Gasteiger partial charge on any atom is 0.244 e. The van der Waals surface area contributed by atoms with E-state index < -0.39 is 0 Å². The van der Waals surface area contributed by atoms with Gasteiger partial charge < -0.3 is 9.88 Å². The van der Waals surface area contributed by atoms with Crippen molar-refractivity contribution >= 4 is 44.7 Å². The number of aryl methyl sites for hydroxylation is 1. The van der Waals surface area contributed by atoms with Gasteiger partial charge in [0.05, 0.1) is 0 Å². The molecule has 0 atom stereocenters. The summed E-state index contributed by atoms with van der Waals surface area (Å²) in [5.41, 5.74) is 4.44. The van der Waals surface area contributed by atoms with Crippen LogP contribution in [-0.2, 0) is 11.3 Å². The van der Waals surface area contributed by atoms with Gasteiger partial charge in [-0.25, -0.2) is 0 Å². The molecule has 5 heteroatoms. The zero-order valence-corrected chi connectivity index (χ0v) is 15.1. The van der Waals surface area contributed by atoms with Gasteiger partial charge >= 0.3 is 0 Å². The molecular weight excluding hydrogens is 368 g/mol. The SMILES string of the molecule is Cc1cccc(NC(=O)Cn2cc(C=O)c3cc(Br)ccc32)c1C. The number of hydrogen-bond donors (Lipinski definition) is 1. The molecule has 2 aromatic carbocycles. The van der Waals surface area contributed by atoms with E-state index in [1.54, 1.807) is 10.8 Å². The van der Waals surface area contributed by atoms with E-state index in [-0.39, 0.29) is 12.5 Å². The van der Waals surface area contributed by atoms with E-state index in [9.17, 15) is 9.59 Å². The highest BCUT2D eigenvalue weighted by Crippen LogP contribution is 2.24. The number of carbonyl (C=O) groups is 2. The van der Waals surface area contributed by atoms with Crippen molar-refractivity contribution in [2.75, 3.05) is 5.32 Å². The summed E-state index contributed by atoms with van der Waals surface area (Å²) >= 11 is 3.41. The van der Waals surface area contributed by atoms with Crippen molar-refractivity contribution in [2.24, 2.45) is 0 Å². The number of nitrogens with one attached hydrogen (secondary N) is 1. The molecule has 3 aromatic rings. The van der Waals surface area contributed by atoms with Crippen LogP contribution in [0.2, 0.25) is 0 Å². The van der Waals surface area contributed by atoms with Crippen LogP contribution in [0.3, 0.4) is 0 Å². The topological polar surface area (TPSA) is 51.1 Å². The Bertz CT molecular complexity index is 944. The van der Waals surface area contributed by atoms with Crippen LogP contribution >= 0.6 is 15.9 Å². The van der Waals surface area contributed by atoms with Crippen molar-refractivity contribution in [1.29, 1.82) is 0 Å². The third-order valence-electron chi connectivity index (χ3n) is 4.19. The Morgan fingerprint density at radius 1 is 1.25 bits per heavy atom. The Morgan fingerprint density at radius 2 is 2.04 bits per heavy atom. The molecule has 1 N–H and O–H groups in total. The minimum Gasteiger partial charge on any atom is -0.337 e. The van der Waals surface area contributed by atoms with Crippen molar-refractivity contribution in [1.82, 2.24) is 4.57 Å². The fourth-order valence-corrected chi connectivity index (χ4v) is 3.11. The first-order chi connectivity index (χ1) is 11.5. The van der Waals surface area contributed by atoms with Crippen LogP contribution < -0.4 is 5.32 Å². The summed E-state index contributed by atoms with van der Waals surface area (Å²) in [4.78, 5) is 23.7. The second-order valence-electron chi connectivity index (χ2n) is 5.79. The molecule has 1 amide bonds. The number of aldehydes is 1. The molecule has 0 unspecified atom stereocenters.